The van der Waals surface area contributed by atoms with Crippen LogP contribution in [0.4, 0.5) is 5.82 Å². The van der Waals surface area contributed by atoms with Gasteiger partial charge in [-0.3, -0.25) is 0 Å². The van der Waals surface area contributed by atoms with Crippen LogP contribution in [0.3, 0.4) is 0 Å². The molecule has 0 radical (unpaired) electrons. The molecule has 0 unspecified atom stereocenters. The van der Waals surface area contributed by atoms with Crippen molar-refractivity contribution in [3.05, 3.63) is 18.9 Å². The molecule has 7 nitrogen and oxygen atoms in total. The lowest BCUT2D eigenvalue weighted by Crippen LogP contribution is -2.05. The van der Waals surface area contributed by atoms with E-state index in [9.17, 15) is 0 Å². The second-order valence-corrected chi connectivity index (χ2v) is 4.16. The van der Waals surface area contributed by atoms with E-state index >= 15 is 0 Å². The Bertz CT molecular complexity index is 671. The molecule has 8 heteroatoms. The first-order valence-corrected chi connectivity index (χ1v) is 6.05. The van der Waals surface area contributed by atoms with Crippen LogP contribution in [0.15, 0.2) is 23.7 Å². The molecule has 17 heavy (non-hydrogen) atoms. The molecule has 3 N–H and O–H groups in total. The number of hydrogen-bond acceptors (Lipinski definition) is 6. The van der Waals surface area contributed by atoms with E-state index in [1.807, 2.05) is 6.26 Å². The zero-order chi connectivity index (χ0) is 11.8. The SMILES string of the molecule is CSc1cnn(-c2ncnc3nc[nH]c23)c1N. The average molecular weight is 247 g/mol. The first-order chi connectivity index (χ1) is 8.31. The minimum Gasteiger partial charge on any atom is -0.383 e. The summed E-state index contributed by atoms with van der Waals surface area (Å²) in [6.07, 6.45) is 6.67. The van der Waals surface area contributed by atoms with Crippen LogP contribution in [0.2, 0.25) is 0 Å². The summed E-state index contributed by atoms with van der Waals surface area (Å²) < 4.78 is 1.58. The number of imidazole rings is 1. The van der Waals surface area contributed by atoms with Crippen LogP contribution >= 0.6 is 11.8 Å². The third-order valence-corrected chi connectivity index (χ3v) is 3.15. The maximum Gasteiger partial charge on any atom is 0.184 e. The Kier molecular flexibility index (Phi) is 2.22. The summed E-state index contributed by atoms with van der Waals surface area (Å²) in [4.78, 5) is 16.2. The van der Waals surface area contributed by atoms with Crippen LogP contribution in [-0.2, 0) is 0 Å². The predicted molar refractivity (Wildman–Crippen MR) is 65.0 cm³/mol. The van der Waals surface area contributed by atoms with E-state index in [4.69, 9.17) is 5.73 Å². The van der Waals surface area contributed by atoms with Gasteiger partial charge in [-0.1, -0.05) is 0 Å². The molecule has 3 aromatic rings. The van der Waals surface area contributed by atoms with Gasteiger partial charge in [0.1, 0.15) is 17.7 Å². The molecule has 0 fully saturated rings. The molecule has 0 atom stereocenters. The van der Waals surface area contributed by atoms with Crippen LogP contribution in [0.25, 0.3) is 17.0 Å². The maximum atomic E-state index is 5.99. The number of nitrogens with zero attached hydrogens (tertiary/aromatic N) is 5. The van der Waals surface area contributed by atoms with Crippen LogP contribution in [0.5, 0.6) is 0 Å². The van der Waals surface area contributed by atoms with Crippen molar-refractivity contribution < 1.29 is 0 Å². The van der Waals surface area contributed by atoms with Gasteiger partial charge in [0, 0.05) is 0 Å². The summed E-state index contributed by atoms with van der Waals surface area (Å²) >= 11 is 1.54. The van der Waals surface area contributed by atoms with Crippen molar-refractivity contribution in [2.45, 2.75) is 4.90 Å². The van der Waals surface area contributed by atoms with Gasteiger partial charge in [-0.2, -0.15) is 9.78 Å². The van der Waals surface area contributed by atoms with Crippen molar-refractivity contribution in [3.8, 4) is 5.82 Å². The second-order valence-electron chi connectivity index (χ2n) is 3.31. The fraction of sp³-hybridized carbons (Fsp3) is 0.111. The lowest BCUT2D eigenvalue weighted by molar-refractivity contribution is 0.858. The van der Waals surface area contributed by atoms with Gasteiger partial charge in [-0.15, -0.1) is 11.8 Å². The molecule has 3 rings (SSSR count). The van der Waals surface area contributed by atoms with Gasteiger partial charge in [0.15, 0.2) is 11.5 Å². The summed E-state index contributed by atoms with van der Waals surface area (Å²) in [6, 6.07) is 0. The standard InChI is InChI=1S/C9H9N7S/c1-17-5-2-15-16(7(5)10)9-6-8(12-3-11-6)13-4-14-9/h2-4H,10H2,1H3,(H,11,12,13,14). The van der Waals surface area contributed by atoms with Gasteiger partial charge >= 0.3 is 0 Å². The first-order valence-electron chi connectivity index (χ1n) is 4.83. The molecule has 0 amide bonds. The highest BCUT2D eigenvalue weighted by atomic mass is 32.2. The quantitative estimate of drug-likeness (QED) is 0.651. The number of anilines is 1. The van der Waals surface area contributed by atoms with Crippen LogP contribution in [0.1, 0.15) is 0 Å². The molecule has 0 aliphatic heterocycles. The smallest absolute Gasteiger partial charge is 0.184 e. The minimum atomic E-state index is 0.562. The highest BCUT2D eigenvalue weighted by Gasteiger charge is 2.13. The molecule has 0 saturated carbocycles. The maximum absolute atomic E-state index is 5.99. The van der Waals surface area contributed by atoms with Crippen LogP contribution < -0.4 is 5.73 Å². The van der Waals surface area contributed by atoms with Gasteiger partial charge < -0.3 is 10.7 Å². The molecule has 0 saturated heterocycles. The summed E-state index contributed by atoms with van der Waals surface area (Å²) in [6.45, 7) is 0. The Hall–Kier alpha value is -2.09. The molecule has 3 aromatic heterocycles. The second kappa shape index (κ2) is 3.74. The van der Waals surface area contributed by atoms with Crippen molar-refractivity contribution in [1.82, 2.24) is 29.7 Å². The molecule has 0 bridgehead atoms. The number of aromatic amines is 1. The minimum absolute atomic E-state index is 0.562. The van der Waals surface area contributed by atoms with E-state index < -0.39 is 0 Å². The molecular formula is C9H9N7S. The molecule has 0 aliphatic rings. The summed E-state index contributed by atoms with van der Waals surface area (Å²) in [5.74, 6) is 1.16. The molecule has 86 valence electrons. The van der Waals surface area contributed by atoms with E-state index in [1.54, 1.807) is 29.0 Å². The molecule has 0 aromatic carbocycles. The fourth-order valence-corrected chi connectivity index (χ4v) is 2.03. The average Bonchev–Trinajstić information content (AvgIpc) is 2.94. The van der Waals surface area contributed by atoms with Crippen LogP contribution in [0, 0.1) is 0 Å². The van der Waals surface area contributed by atoms with Crippen molar-refractivity contribution in [2.75, 3.05) is 12.0 Å². The van der Waals surface area contributed by atoms with E-state index in [-0.39, 0.29) is 0 Å². The highest BCUT2D eigenvalue weighted by molar-refractivity contribution is 7.98. The van der Waals surface area contributed by atoms with Gasteiger partial charge in [-0.05, 0) is 6.26 Å². The lowest BCUT2D eigenvalue weighted by Gasteiger charge is -2.03. The van der Waals surface area contributed by atoms with Crippen molar-refractivity contribution >= 4 is 28.7 Å². The predicted octanol–water partition coefficient (Wildman–Crippen LogP) is 0.843. The number of nitrogens with two attached hydrogens (primary N) is 1. The van der Waals surface area contributed by atoms with Crippen molar-refractivity contribution in [3.63, 3.8) is 0 Å². The third-order valence-electron chi connectivity index (χ3n) is 2.39. The zero-order valence-electron chi connectivity index (χ0n) is 8.95. The number of fused-ring (bicyclic) bond motifs is 1. The van der Waals surface area contributed by atoms with Gasteiger partial charge in [0.25, 0.3) is 0 Å². The third kappa shape index (κ3) is 1.45. The molecule has 3 heterocycles. The van der Waals surface area contributed by atoms with E-state index in [0.717, 1.165) is 10.4 Å². The topological polar surface area (TPSA) is 98.3 Å². The highest BCUT2D eigenvalue weighted by Crippen LogP contribution is 2.25. The van der Waals surface area contributed by atoms with E-state index in [0.29, 0.717) is 17.3 Å². The Morgan fingerprint density at radius 1 is 1.35 bits per heavy atom. The fourth-order valence-electron chi connectivity index (χ4n) is 1.58. The molecular weight excluding hydrogens is 238 g/mol. The van der Waals surface area contributed by atoms with Crippen molar-refractivity contribution in [2.24, 2.45) is 0 Å². The lowest BCUT2D eigenvalue weighted by atomic mass is 10.5. The van der Waals surface area contributed by atoms with Gasteiger partial charge in [0.05, 0.1) is 17.4 Å². The first kappa shape index (κ1) is 10.1. The Balaban J connectivity index is 2.26. The number of hydrogen-bond donors (Lipinski definition) is 2. The van der Waals surface area contributed by atoms with E-state index in [2.05, 4.69) is 25.0 Å². The number of aromatic nitrogens is 6. The van der Waals surface area contributed by atoms with Gasteiger partial charge in [0.2, 0.25) is 0 Å². The number of nitrogen functional groups attached to an aromatic ring is 1. The van der Waals surface area contributed by atoms with Crippen LogP contribution in [-0.4, -0.2) is 36.0 Å². The normalized spacial score (nSPS) is 11.1. The Labute approximate surface area is 100 Å². The largest absolute Gasteiger partial charge is 0.383 e. The number of rotatable bonds is 2. The molecule has 0 aliphatic carbocycles. The summed E-state index contributed by atoms with van der Waals surface area (Å²) in [5, 5.41) is 4.22. The van der Waals surface area contributed by atoms with E-state index in [1.165, 1.54) is 6.33 Å². The zero-order valence-corrected chi connectivity index (χ0v) is 9.77. The summed E-state index contributed by atoms with van der Waals surface area (Å²) in [5.41, 5.74) is 7.30. The Morgan fingerprint density at radius 2 is 2.24 bits per heavy atom. The number of nitrogens with one attached hydrogen (secondary N) is 1. The van der Waals surface area contributed by atoms with Crippen molar-refractivity contribution in [1.29, 1.82) is 0 Å². The monoisotopic (exact) mass is 247 g/mol. The number of thioether (sulfide) groups is 1. The summed E-state index contributed by atoms with van der Waals surface area (Å²) in [7, 11) is 0. The molecule has 0 spiro atoms. The van der Waals surface area contributed by atoms with Gasteiger partial charge in [-0.25, -0.2) is 15.0 Å². The Morgan fingerprint density at radius 3 is 3.00 bits per heavy atom. The number of H-pyrrole nitrogens is 1.